The lowest BCUT2D eigenvalue weighted by Crippen LogP contribution is -2.56. The van der Waals surface area contributed by atoms with E-state index in [2.05, 4.69) is 21.3 Å². The summed E-state index contributed by atoms with van der Waals surface area (Å²) in [5, 5.41) is 36.6. The zero-order valence-corrected chi connectivity index (χ0v) is 17.1. The van der Waals surface area contributed by atoms with Crippen molar-refractivity contribution in [3.8, 4) is 0 Å². The van der Waals surface area contributed by atoms with E-state index in [-0.39, 0.29) is 12.8 Å². The summed E-state index contributed by atoms with van der Waals surface area (Å²) in [6.07, 6.45) is -0.184. The van der Waals surface area contributed by atoms with Crippen LogP contribution in [0.5, 0.6) is 0 Å². The number of hydrogen-bond donors (Lipinski definition) is 7. The van der Waals surface area contributed by atoms with Gasteiger partial charge in [-0.05, 0) is 39.2 Å². The Morgan fingerprint density at radius 3 is 1.84 bits per heavy atom. The molecular weight excluding hydrogens is 416 g/mol. The Morgan fingerprint density at radius 1 is 0.871 bits per heavy atom. The van der Waals surface area contributed by atoms with E-state index in [1.807, 2.05) is 0 Å². The molecule has 1 fully saturated rings. The molecule has 0 radical (unpaired) electrons. The first kappa shape index (κ1) is 25.8. The molecule has 0 aromatic heterocycles. The van der Waals surface area contributed by atoms with Crippen LogP contribution in [-0.4, -0.2) is 81.7 Å². The zero-order chi connectivity index (χ0) is 23.6. The van der Waals surface area contributed by atoms with Crippen molar-refractivity contribution in [2.45, 2.75) is 69.6 Å². The largest absolute Gasteiger partial charge is 0.481 e. The third-order valence-corrected chi connectivity index (χ3v) is 4.67. The summed E-state index contributed by atoms with van der Waals surface area (Å²) in [5.41, 5.74) is 0. The predicted octanol–water partition coefficient (Wildman–Crippen LogP) is -1.97. The summed E-state index contributed by atoms with van der Waals surface area (Å²) in [6.45, 7) is 1.82. The maximum atomic E-state index is 12.7. The molecule has 4 unspecified atom stereocenters. The average molecular weight is 444 g/mol. The van der Waals surface area contributed by atoms with Crippen molar-refractivity contribution in [3.63, 3.8) is 0 Å². The van der Waals surface area contributed by atoms with Crippen molar-refractivity contribution in [2.75, 3.05) is 6.54 Å². The molecule has 1 saturated heterocycles. The van der Waals surface area contributed by atoms with E-state index < -0.39 is 72.6 Å². The molecule has 3 amide bonds. The zero-order valence-electron chi connectivity index (χ0n) is 17.1. The van der Waals surface area contributed by atoms with Crippen LogP contribution < -0.4 is 21.3 Å². The molecule has 174 valence electrons. The molecule has 0 saturated carbocycles. The van der Waals surface area contributed by atoms with Crippen LogP contribution in [-0.2, 0) is 28.8 Å². The SMILES string of the molecule is CC(NC(=O)C(CCC(=O)O)NC(=O)C(CCC(=O)O)NC(=O)C1CCCN1)C(=O)O. The fourth-order valence-electron chi connectivity index (χ4n) is 2.90. The number of rotatable bonds is 13. The van der Waals surface area contributed by atoms with Crippen LogP contribution in [0.3, 0.4) is 0 Å². The number of amides is 3. The topological polar surface area (TPSA) is 211 Å². The molecule has 0 aliphatic carbocycles. The minimum Gasteiger partial charge on any atom is -0.481 e. The van der Waals surface area contributed by atoms with E-state index in [1.165, 1.54) is 6.92 Å². The molecule has 0 spiro atoms. The van der Waals surface area contributed by atoms with Gasteiger partial charge in [0.05, 0.1) is 6.04 Å². The molecule has 13 heteroatoms. The van der Waals surface area contributed by atoms with E-state index >= 15 is 0 Å². The Labute approximate surface area is 177 Å². The third kappa shape index (κ3) is 9.42. The summed E-state index contributed by atoms with van der Waals surface area (Å²) in [5.74, 6) is -6.03. The molecule has 0 bridgehead atoms. The molecule has 4 atom stereocenters. The lowest BCUT2D eigenvalue weighted by Gasteiger charge is -2.24. The molecule has 13 nitrogen and oxygen atoms in total. The van der Waals surface area contributed by atoms with Gasteiger partial charge in [-0.2, -0.15) is 0 Å². The average Bonchev–Trinajstić information content (AvgIpc) is 3.22. The van der Waals surface area contributed by atoms with Gasteiger partial charge >= 0.3 is 17.9 Å². The number of carboxylic acid groups (broad SMARTS) is 3. The number of hydrogen-bond acceptors (Lipinski definition) is 7. The van der Waals surface area contributed by atoms with Crippen LogP contribution in [0.4, 0.5) is 0 Å². The van der Waals surface area contributed by atoms with E-state index in [4.69, 9.17) is 15.3 Å². The Morgan fingerprint density at radius 2 is 1.39 bits per heavy atom. The summed E-state index contributed by atoms with van der Waals surface area (Å²) >= 11 is 0. The lowest BCUT2D eigenvalue weighted by atomic mass is 10.1. The molecule has 0 aromatic rings. The van der Waals surface area contributed by atoms with E-state index in [9.17, 15) is 28.8 Å². The number of carbonyl (C=O) groups excluding carboxylic acids is 3. The third-order valence-electron chi connectivity index (χ3n) is 4.67. The predicted molar refractivity (Wildman–Crippen MR) is 104 cm³/mol. The smallest absolute Gasteiger partial charge is 0.325 e. The molecule has 1 rings (SSSR count). The first-order chi connectivity index (χ1) is 14.5. The van der Waals surface area contributed by atoms with Gasteiger partial charge in [0.15, 0.2) is 0 Å². The molecule has 1 heterocycles. The van der Waals surface area contributed by atoms with Crippen molar-refractivity contribution in [1.29, 1.82) is 0 Å². The maximum Gasteiger partial charge on any atom is 0.325 e. The standard InChI is InChI=1S/C18H28N4O9/c1-9(18(30)31)20-16(28)11(4-6-13(23)24)22-17(29)12(5-7-14(25)26)21-15(27)10-3-2-8-19-10/h9-12,19H,2-8H2,1H3,(H,20,28)(H,21,27)(H,22,29)(H,23,24)(H,25,26)(H,30,31). The van der Waals surface area contributed by atoms with Crippen LogP contribution in [0.25, 0.3) is 0 Å². The van der Waals surface area contributed by atoms with Gasteiger partial charge < -0.3 is 36.6 Å². The van der Waals surface area contributed by atoms with E-state index in [0.717, 1.165) is 6.42 Å². The Kier molecular flexibility index (Phi) is 10.4. The van der Waals surface area contributed by atoms with Gasteiger partial charge in [-0.15, -0.1) is 0 Å². The number of carboxylic acids is 3. The highest BCUT2D eigenvalue weighted by Gasteiger charge is 2.31. The van der Waals surface area contributed by atoms with Crippen molar-refractivity contribution >= 4 is 35.6 Å². The highest BCUT2D eigenvalue weighted by Crippen LogP contribution is 2.08. The summed E-state index contributed by atoms with van der Waals surface area (Å²) in [7, 11) is 0. The minimum atomic E-state index is -1.39. The van der Waals surface area contributed by atoms with Gasteiger partial charge in [0.2, 0.25) is 17.7 Å². The van der Waals surface area contributed by atoms with E-state index in [0.29, 0.717) is 13.0 Å². The van der Waals surface area contributed by atoms with Crippen molar-refractivity contribution in [2.24, 2.45) is 0 Å². The fraction of sp³-hybridized carbons (Fsp3) is 0.667. The minimum absolute atomic E-state index is 0.252. The number of carbonyl (C=O) groups is 6. The first-order valence-corrected chi connectivity index (χ1v) is 9.82. The number of nitrogens with one attached hydrogen (secondary N) is 4. The summed E-state index contributed by atoms with van der Waals surface area (Å²) in [4.78, 5) is 70.1. The molecule has 1 aliphatic heterocycles. The fourth-order valence-corrected chi connectivity index (χ4v) is 2.90. The van der Waals surface area contributed by atoms with Crippen molar-refractivity contribution < 1.29 is 44.1 Å². The Balaban J connectivity index is 2.90. The van der Waals surface area contributed by atoms with Crippen molar-refractivity contribution in [3.05, 3.63) is 0 Å². The summed E-state index contributed by atoms with van der Waals surface area (Å²) < 4.78 is 0. The highest BCUT2D eigenvalue weighted by molar-refractivity contribution is 5.94. The molecule has 0 aromatic carbocycles. The van der Waals surface area contributed by atoms with Crippen LogP contribution in [0.2, 0.25) is 0 Å². The normalized spacial score (nSPS) is 18.3. The second kappa shape index (κ2) is 12.5. The van der Waals surface area contributed by atoms with Gasteiger partial charge in [0.25, 0.3) is 0 Å². The van der Waals surface area contributed by atoms with Gasteiger partial charge in [0.1, 0.15) is 18.1 Å². The molecular formula is C18H28N4O9. The number of aliphatic carboxylic acids is 3. The van der Waals surface area contributed by atoms with Gasteiger partial charge in [-0.25, -0.2) is 0 Å². The Hall–Kier alpha value is -3.22. The molecule has 7 N–H and O–H groups in total. The van der Waals surface area contributed by atoms with Gasteiger partial charge in [-0.3, -0.25) is 28.8 Å². The monoisotopic (exact) mass is 444 g/mol. The lowest BCUT2D eigenvalue weighted by molar-refractivity contribution is -0.142. The van der Waals surface area contributed by atoms with Gasteiger partial charge in [-0.1, -0.05) is 0 Å². The maximum absolute atomic E-state index is 12.7. The molecule has 1 aliphatic rings. The quantitative estimate of drug-likeness (QED) is 0.166. The van der Waals surface area contributed by atoms with Crippen LogP contribution in [0.15, 0.2) is 0 Å². The van der Waals surface area contributed by atoms with Crippen LogP contribution >= 0.6 is 0 Å². The summed E-state index contributed by atoms with van der Waals surface area (Å²) in [6, 6.07) is -4.47. The second-order valence-corrected chi connectivity index (χ2v) is 7.20. The second-order valence-electron chi connectivity index (χ2n) is 7.20. The van der Waals surface area contributed by atoms with Crippen molar-refractivity contribution in [1.82, 2.24) is 21.3 Å². The highest BCUT2D eigenvalue weighted by atomic mass is 16.4. The van der Waals surface area contributed by atoms with Gasteiger partial charge in [0, 0.05) is 12.8 Å². The van der Waals surface area contributed by atoms with Crippen LogP contribution in [0, 0.1) is 0 Å². The van der Waals surface area contributed by atoms with E-state index in [1.54, 1.807) is 0 Å². The first-order valence-electron chi connectivity index (χ1n) is 9.82. The van der Waals surface area contributed by atoms with Crippen LogP contribution in [0.1, 0.15) is 45.4 Å². The Bertz CT molecular complexity index is 706. The molecule has 31 heavy (non-hydrogen) atoms.